The van der Waals surface area contributed by atoms with Gasteiger partial charge in [-0.2, -0.15) is 10.2 Å². The number of ether oxygens (including phenoxy) is 5. The first-order valence-electron chi connectivity index (χ1n) is 23.0. The van der Waals surface area contributed by atoms with E-state index in [1.807, 2.05) is 12.4 Å². The van der Waals surface area contributed by atoms with Crippen molar-refractivity contribution in [3.05, 3.63) is 116 Å². The van der Waals surface area contributed by atoms with Gasteiger partial charge < -0.3 is 51.5 Å². The van der Waals surface area contributed by atoms with Crippen molar-refractivity contribution in [3.8, 4) is 33.8 Å². The zero-order valence-corrected chi connectivity index (χ0v) is 43.6. The van der Waals surface area contributed by atoms with E-state index in [9.17, 15) is 18.4 Å². The third-order valence-corrected chi connectivity index (χ3v) is 13.4. The van der Waals surface area contributed by atoms with Crippen LogP contribution < -0.4 is 37.3 Å². The zero-order valence-electron chi connectivity index (χ0n) is 40.6. The van der Waals surface area contributed by atoms with Crippen molar-refractivity contribution in [3.63, 3.8) is 0 Å². The summed E-state index contributed by atoms with van der Waals surface area (Å²) in [4.78, 5) is 31.9. The maximum Gasteiger partial charge on any atom is 0.322 e. The van der Waals surface area contributed by atoms with Gasteiger partial charge in [-0.3, -0.25) is 19.0 Å². The van der Waals surface area contributed by atoms with Crippen LogP contribution in [0.15, 0.2) is 73.6 Å². The highest BCUT2D eigenvalue weighted by molar-refractivity contribution is 6.36. The van der Waals surface area contributed by atoms with E-state index in [1.54, 1.807) is 60.1 Å². The third kappa shape index (κ3) is 14.1. The van der Waals surface area contributed by atoms with Gasteiger partial charge in [-0.05, 0) is 83.0 Å². The number of benzene rings is 2. The lowest BCUT2D eigenvalue weighted by Crippen LogP contribution is -2.31. The lowest BCUT2D eigenvalue weighted by atomic mass is 10.1. The predicted octanol–water partition coefficient (Wildman–Crippen LogP) is 8.75. The van der Waals surface area contributed by atoms with Crippen LogP contribution in [0.1, 0.15) is 74.9 Å². The number of nitrogens with one attached hydrogen (secondary N) is 2. The first kappa shape index (κ1) is 56.5. The Bertz CT molecular complexity index is 2650. The highest BCUT2D eigenvalue weighted by atomic mass is 35.5. The van der Waals surface area contributed by atoms with Gasteiger partial charge in [-0.25, -0.2) is 18.7 Å². The van der Waals surface area contributed by atoms with E-state index in [0.717, 1.165) is 35.5 Å². The molecule has 73 heavy (non-hydrogen) atoms. The van der Waals surface area contributed by atoms with E-state index in [4.69, 9.17) is 81.6 Å². The number of pyridine rings is 2. The number of nitrogen functional groups attached to an aromatic ring is 2. The summed E-state index contributed by atoms with van der Waals surface area (Å²) in [5.74, 6) is -0.812. The monoisotopic (exact) mass is 1090 g/mol. The summed E-state index contributed by atoms with van der Waals surface area (Å²) in [7, 11) is 4.24. The van der Waals surface area contributed by atoms with Crippen LogP contribution in [0.25, 0.3) is 22.3 Å². The number of halogens is 6. The number of aromatic nitrogens is 6. The molecule has 2 aromatic carbocycles. The Kier molecular flexibility index (Phi) is 20.4. The van der Waals surface area contributed by atoms with Gasteiger partial charge in [-0.1, -0.05) is 46.4 Å². The quantitative estimate of drug-likeness (QED) is 0.0568. The summed E-state index contributed by atoms with van der Waals surface area (Å²) in [5.41, 5.74) is 20.2. The molecule has 6 unspecified atom stereocenters. The first-order valence-corrected chi connectivity index (χ1v) is 24.6. The summed E-state index contributed by atoms with van der Waals surface area (Å²) in [5, 5.41) is 15.5. The normalized spacial score (nSPS) is 18.7. The Labute approximate surface area is 441 Å². The molecule has 0 saturated carbocycles. The molecule has 18 nitrogen and oxygen atoms in total. The number of nitrogens with zero attached hydrogens (tertiary/aromatic N) is 6. The summed E-state index contributed by atoms with van der Waals surface area (Å²) in [6, 6.07) is 8.01. The summed E-state index contributed by atoms with van der Waals surface area (Å²) in [6.45, 7) is 6.59. The number of hydrogen-bond donors (Lipinski definition) is 5. The fourth-order valence-electron chi connectivity index (χ4n) is 8.11. The van der Waals surface area contributed by atoms with Crippen LogP contribution in [0.4, 0.5) is 20.4 Å². The highest BCUT2D eigenvalue weighted by Gasteiger charge is 2.33. The second-order valence-electron chi connectivity index (χ2n) is 16.7. The molecule has 6 atom stereocenters. The Hall–Kier alpha value is -5.84. The molecule has 0 radical (unpaired) electrons. The maximum absolute atomic E-state index is 13.9. The van der Waals surface area contributed by atoms with Gasteiger partial charge in [0.1, 0.15) is 35.9 Å². The van der Waals surface area contributed by atoms with E-state index >= 15 is 0 Å². The lowest BCUT2D eigenvalue weighted by Gasteiger charge is -2.19. The average Bonchev–Trinajstić information content (AvgIpc) is 4.26. The van der Waals surface area contributed by atoms with Crippen molar-refractivity contribution < 1.29 is 42.1 Å². The molecule has 24 heteroatoms. The Balaban J connectivity index is 0.000000210. The molecule has 9 rings (SSSR count). The average molecular weight is 1090 g/mol. The molecule has 8 N–H and O–H groups in total. The number of hydrogen-bond acceptors (Lipinski definition) is 16. The molecule has 0 amide bonds. The van der Waals surface area contributed by atoms with Crippen LogP contribution in [0.5, 0.6) is 11.5 Å². The first-order chi connectivity index (χ1) is 35.1. The van der Waals surface area contributed by atoms with Gasteiger partial charge in [0.05, 0.1) is 48.7 Å². The zero-order chi connectivity index (χ0) is 52.9. The van der Waals surface area contributed by atoms with E-state index in [-0.39, 0.29) is 67.8 Å². The molecule has 4 aromatic heterocycles. The van der Waals surface area contributed by atoms with Crippen LogP contribution >= 0.6 is 46.4 Å². The second-order valence-corrected chi connectivity index (χ2v) is 18.3. The number of rotatable bonds is 12. The minimum atomic E-state index is -0.678. The molecule has 3 saturated heterocycles. The van der Waals surface area contributed by atoms with Gasteiger partial charge >= 0.3 is 11.9 Å². The van der Waals surface area contributed by atoms with Crippen LogP contribution in [0.2, 0.25) is 20.1 Å². The smallest absolute Gasteiger partial charge is 0.322 e. The predicted molar refractivity (Wildman–Crippen MR) is 276 cm³/mol. The third-order valence-electron chi connectivity index (χ3n) is 12.0. The number of methoxy groups -OCH3 is 2. The van der Waals surface area contributed by atoms with Gasteiger partial charge in [0.15, 0.2) is 23.1 Å². The number of anilines is 2. The Morgan fingerprint density at radius 2 is 1.07 bits per heavy atom. The maximum atomic E-state index is 13.9. The second kappa shape index (κ2) is 26.4. The van der Waals surface area contributed by atoms with E-state index in [1.165, 1.54) is 58.4 Å². The minimum absolute atomic E-state index is 0.0117. The molecular formula is C49H57Cl4F2N11O7. The van der Waals surface area contributed by atoms with E-state index in [0.29, 0.717) is 48.6 Å². The van der Waals surface area contributed by atoms with Crippen molar-refractivity contribution >= 4 is 70.0 Å². The van der Waals surface area contributed by atoms with Crippen LogP contribution in [-0.2, 0) is 23.8 Å². The highest BCUT2D eigenvalue weighted by Crippen LogP contribution is 2.39. The van der Waals surface area contributed by atoms with Crippen molar-refractivity contribution in [1.82, 2.24) is 40.2 Å². The van der Waals surface area contributed by atoms with Crippen LogP contribution in [0.3, 0.4) is 0 Å². The van der Waals surface area contributed by atoms with E-state index < -0.39 is 23.8 Å². The Morgan fingerprint density at radius 1 is 0.671 bits per heavy atom. The van der Waals surface area contributed by atoms with Gasteiger partial charge in [-0.15, -0.1) is 0 Å². The fourth-order valence-corrected chi connectivity index (χ4v) is 9.46. The molecule has 7 heterocycles. The topological polar surface area (TPSA) is 244 Å². The molecule has 3 fully saturated rings. The molecule has 3 aliphatic rings. The summed E-state index contributed by atoms with van der Waals surface area (Å²) in [6.07, 6.45) is 12.7. The fraction of sp³-hybridized carbons (Fsp3) is 0.388. The molecule has 392 valence electrons. The molecule has 0 bridgehead atoms. The van der Waals surface area contributed by atoms with Crippen molar-refractivity contribution in [1.29, 1.82) is 0 Å². The Morgan fingerprint density at radius 3 is 1.42 bits per heavy atom. The van der Waals surface area contributed by atoms with Crippen molar-refractivity contribution in [2.45, 2.75) is 75.9 Å². The lowest BCUT2D eigenvalue weighted by molar-refractivity contribution is -0.143. The SMILES string of the molecule is C1CCOC1.CN.COC(=O)C1CC(n2cc(-c3cnc(N)c(OC(C)c4c(Cl)ccc(F)c4Cl)c3)cn2)CN1.COC(=O)C1CC(n2cc(-c3cnc(N)c(OC(C)c4c(Cl)ccc(F)c4Cl)c3)cn2)CN1. The molecular weight excluding hydrogens is 1030 g/mol. The number of nitrogens with two attached hydrogens (primary N) is 3. The number of esters is 2. The van der Waals surface area contributed by atoms with Crippen molar-refractivity contribution in [2.24, 2.45) is 5.73 Å². The molecule has 6 aromatic rings. The standard InChI is InChI=1S/2C22H22Cl2FN5O3.C4H8O.CH5N/c2*1-11(19-15(23)3-4-16(25)20(19)24)33-18-5-12(7-28-21(18)26)13-8-29-30(10-13)14-6-17(27-9-14)22(31)32-2;1-2-4-5-3-1;1-2/h2*3-5,7-8,10-11,14,17,27H,6,9H2,1-2H3,(H2,26,28);1-4H2;2H2,1H3. The van der Waals surface area contributed by atoms with Gasteiger partial charge in [0.2, 0.25) is 0 Å². The largest absolute Gasteiger partial charge is 0.482 e. The summed E-state index contributed by atoms with van der Waals surface area (Å²) >= 11 is 24.6. The van der Waals surface area contributed by atoms with Gasteiger partial charge in [0.25, 0.3) is 0 Å². The number of carbonyl (C=O) groups is 2. The summed E-state index contributed by atoms with van der Waals surface area (Å²) < 4.78 is 57.9. The van der Waals surface area contributed by atoms with Crippen molar-refractivity contribution in [2.75, 3.05) is 59.0 Å². The number of carbonyl (C=O) groups excluding carboxylic acids is 2. The molecule has 0 aliphatic carbocycles. The van der Waals surface area contributed by atoms with E-state index in [2.05, 4.69) is 36.5 Å². The minimum Gasteiger partial charge on any atom is -0.482 e. The van der Waals surface area contributed by atoms with Gasteiger partial charge in [0, 0.05) is 94.5 Å². The van der Waals surface area contributed by atoms with Crippen LogP contribution in [0, 0.1) is 11.6 Å². The molecule has 3 aliphatic heterocycles. The van der Waals surface area contributed by atoms with Crippen LogP contribution in [-0.4, -0.2) is 101 Å². The molecule has 0 spiro atoms.